The van der Waals surface area contributed by atoms with Gasteiger partial charge in [-0.25, -0.2) is 0 Å². The number of aryl methyl sites for hydroxylation is 1. The van der Waals surface area contributed by atoms with E-state index in [0.29, 0.717) is 18.7 Å². The second-order valence-corrected chi connectivity index (χ2v) is 7.40. The number of nitro groups is 1. The Balaban J connectivity index is 2.14. The van der Waals surface area contributed by atoms with E-state index in [9.17, 15) is 14.9 Å². The quantitative estimate of drug-likeness (QED) is 0.537. The molecule has 0 saturated carbocycles. The van der Waals surface area contributed by atoms with Crippen molar-refractivity contribution in [1.29, 1.82) is 0 Å². The summed E-state index contributed by atoms with van der Waals surface area (Å²) in [6.45, 7) is 6.24. The number of carbonyl (C=O) groups excluding carboxylic acids is 1. The first-order valence-corrected chi connectivity index (χ1v) is 8.81. The number of halogens is 1. The summed E-state index contributed by atoms with van der Waals surface area (Å²) in [7, 11) is 0. The molecule has 0 aliphatic carbocycles. The van der Waals surface area contributed by atoms with Crippen LogP contribution in [-0.2, 0) is 11.8 Å². The zero-order valence-electron chi connectivity index (χ0n) is 14.4. The molecule has 2 N–H and O–H groups in total. The third-order valence-corrected chi connectivity index (χ3v) is 4.56. The molecule has 2 aromatic rings. The molecule has 0 bridgehead atoms. The lowest BCUT2D eigenvalue weighted by Gasteiger charge is -2.25. The van der Waals surface area contributed by atoms with E-state index in [0.717, 1.165) is 16.5 Å². The van der Waals surface area contributed by atoms with Gasteiger partial charge in [0.15, 0.2) is 0 Å². The van der Waals surface area contributed by atoms with E-state index < -0.39 is 10.8 Å². The standard InChI is InChI=1S/C17H21BrN4O3/c1-4-5-13-15(22(24)25)14(21-20-13)16(23)19-10-17(2,3)11-6-8-12(18)9-7-11/h6-9H,4-5,10H2,1-3H3,(H,19,23)(H,20,21). The van der Waals surface area contributed by atoms with E-state index in [1.807, 2.05) is 45.0 Å². The van der Waals surface area contributed by atoms with E-state index in [2.05, 4.69) is 31.4 Å². The second-order valence-electron chi connectivity index (χ2n) is 6.48. The maximum absolute atomic E-state index is 12.4. The Kier molecular flexibility index (Phi) is 5.94. The molecule has 0 unspecified atom stereocenters. The Hall–Kier alpha value is -2.22. The van der Waals surface area contributed by atoms with Crippen LogP contribution in [0.4, 0.5) is 5.69 Å². The lowest BCUT2D eigenvalue weighted by atomic mass is 9.84. The van der Waals surface area contributed by atoms with Gasteiger partial charge >= 0.3 is 5.69 Å². The van der Waals surface area contributed by atoms with Gasteiger partial charge in [-0.15, -0.1) is 0 Å². The normalized spacial score (nSPS) is 11.4. The van der Waals surface area contributed by atoms with Crippen molar-refractivity contribution >= 4 is 27.5 Å². The van der Waals surface area contributed by atoms with E-state index in [1.165, 1.54) is 0 Å². The number of aromatic nitrogens is 2. The van der Waals surface area contributed by atoms with E-state index in [-0.39, 0.29) is 16.8 Å². The Bertz CT molecular complexity index is 769. The molecule has 1 amide bonds. The highest BCUT2D eigenvalue weighted by Crippen LogP contribution is 2.25. The number of rotatable bonds is 7. The topological polar surface area (TPSA) is 101 Å². The molecule has 0 radical (unpaired) electrons. The average Bonchev–Trinajstić information content (AvgIpc) is 2.97. The number of hydrogen-bond acceptors (Lipinski definition) is 4. The number of carbonyl (C=O) groups is 1. The van der Waals surface area contributed by atoms with Crippen LogP contribution < -0.4 is 5.32 Å². The van der Waals surface area contributed by atoms with Gasteiger partial charge in [-0.05, 0) is 24.1 Å². The van der Waals surface area contributed by atoms with Crippen molar-refractivity contribution in [3.8, 4) is 0 Å². The molecule has 0 fully saturated rings. The number of hydrogen-bond donors (Lipinski definition) is 2. The van der Waals surface area contributed by atoms with Gasteiger partial charge in [0.2, 0.25) is 5.69 Å². The minimum Gasteiger partial charge on any atom is -0.350 e. The highest BCUT2D eigenvalue weighted by molar-refractivity contribution is 9.10. The van der Waals surface area contributed by atoms with Crippen molar-refractivity contribution < 1.29 is 9.72 Å². The van der Waals surface area contributed by atoms with Crippen LogP contribution in [0.15, 0.2) is 28.7 Å². The largest absolute Gasteiger partial charge is 0.350 e. The molecule has 0 aliphatic rings. The second kappa shape index (κ2) is 7.77. The SMILES string of the molecule is CCCc1[nH]nc(C(=O)NCC(C)(C)c2ccc(Br)cc2)c1[N+](=O)[O-]. The molecule has 8 heteroatoms. The third-order valence-electron chi connectivity index (χ3n) is 4.03. The minimum absolute atomic E-state index is 0.167. The highest BCUT2D eigenvalue weighted by Gasteiger charge is 2.30. The smallest absolute Gasteiger partial charge is 0.322 e. The van der Waals surface area contributed by atoms with Crippen LogP contribution in [0.5, 0.6) is 0 Å². The monoisotopic (exact) mass is 408 g/mol. The third kappa shape index (κ3) is 4.45. The first-order chi connectivity index (χ1) is 11.8. The highest BCUT2D eigenvalue weighted by atomic mass is 79.9. The Morgan fingerprint density at radius 3 is 2.56 bits per heavy atom. The molecular weight excluding hydrogens is 388 g/mol. The zero-order chi connectivity index (χ0) is 18.6. The number of nitrogens with one attached hydrogen (secondary N) is 2. The number of aromatic amines is 1. The summed E-state index contributed by atoms with van der Waals surface area (Å²) in [5, 5.41) is 20.5. The van der Waals surface area contributed by atoms with Crippen molar-refractivity contribution in [3.05, 3.63) is 55.8 Å². The Labute approximate surface area is 154 Å². The van der Waals surface area contributed by atoms with Gasteiger partial charge in [0, 0.05) is 16.4 Å². The van der Waals surface area contributed by atoms with Gasteiger partial charge in [-0.3, -0.25) is 20.0 Å². The summed E-state index contributed by atoms with van der Waals surface area (Å²) in [6, 6.07) is 7.84. The van der Waals surface area contributed by atoms with Gasteiger partial charge in [-0.1, -0.05) is 55.3 Å². The van der Waals surface area contributed by atoms with Crippen molar-refractivity contribution in [2.24, 2.45) is 0 Å². The van der Waals surface area contributed by atoms with Crippen LogP contribution in [0.2, 0.25) is 0 Å². The summed E-state index contributed by atoms with van der Waals surface area (Å²) in [5.41, 5.74) is 0.707. The lowest BCUT2D eigenvalue weighted by molar-refractivity contribution is -0.385. The van der Waals surface area contributed by atoms with E-state index in [1.54, 1.807) is 0 Å². The summed E-state index contributed by atoms with van der Waals surface area (Å²) in [5.74, 6) is -0.546. The summed E-state index contributed by atoms with van der Waals surface area (Å²) >= 11 is 3.40. The maximum Gasteiger partial charge on any atom is 0.322 e. The molecule has 1 aromatic carbocycles. The predicted molar refractivity (Wildman–Crippen MR) is 98.7 cm³/mol. The fraction of sp³-hybridized carbons (Fsp3) is 0.412. The van der Waals surface area contributed by atoms with E-state index >= 15 is 0 Å². The average molecular weight is 409 g/mol. The number of H-pyrrole nitrogens is 1. The molecular formula is C17H21BrN4O3. The van der Waals surface area contributed by atoms with Crippen molar-refractivity contribution in [3.63, 3.8) is 0 Å². The van der Waals surface area contributed by atoms with Gasteiger partial charge in [-0.2, -0.15) is 5.10 Å². The molecule has 2 rings (SSSR count). The predicted octanol–water partition coefficient (Wildman–Crippen LogP) is 3.74. The first-order valence-electron chi connectivity index (χ1n) is 8.02. The molecule has 0 atom stereocenters. The maximum atomic E-state index is 12.4. The lowest BCUT2D eigenvalue weighted by Crippen LogP contribution is -2.37. The molecule has 0 aliphatic heterocycles. The summed E-state index contributed by atoms with van der Waals surface area (Å²) < 4.78 is 0.978. The van der Waals surface area contributed by atoms with Crippen molar-refractivity contribution in [2.75, 3.05) is 6.54 Å². The number of nitrogens with zero attached hydrogens (tertiary/aromatic N) is 2. The van der Waals surface area contributed by atoms with Crippen LogP contribution in [0.25, 0.3) is 0 Å². The molecule has 0 spiro atoms. The fourth-order valence-corrected chi connectivity index (χ4v) is 2.80. The number of benzene rings is 1. The molecule has 134 valence electrons. The van der Waals surface area contributed by atoms with Crippen LogP contribution in [0.1, 0.15) is 48.9 Å². The van der Waals surface area contributed by atoms with Gasteiger partial charge < -0.3 is 5.32 Å². The summed E-state index contributed by atoms with van der Waals surface area (Å²) in [4.78, 5) is 23.2. The van der Waals surface area contributed by atoms with Crippen molar-refractivity contribution in [1.82, 2.24) is 15.5 Å². The molecule has 25 heavy (non-hydrogen) atoms. The molecule has 1 heterocycles. The molecule has 1 aromatic heterocycles. The van der Waals surface area contributed by atoms with Crippen molar-refractivity contribution in [2.45, 2.75) is 39.0 Å². The Morgan fingerprint density at radius 1 is 1.36 bits per heavy atom. The Morgan fingerprint density at radius 2 is 2.00 bits per heavy atom. The summed E-state index contributed by atoms with van der Waals surface area (Å²) in [6.07, 6.45) is 1.20. The number of amides is 1. The van der Waals surface area contributed by atoms with Gasteiger partial charge in [0.1, 0.15) is 5.69 Å². The van der Waals surface area contributed by atoms with Crippen LogP contribution >= 0.6 is 15.9 Å². The fourth-order valence-electron chi connectivity index (χ4n) is 2.54. The van der Waals surface area contributed by atoms with Gasteiger partial charge in [0.25, 0.3) is 5.91 Å². The minimum atomic E-state index is -0.552. The van der Waals surface area contributed by atoms with E-state index in [4.69, 9.17) is 0 Å². The molecule has 0 saturated heterocycles. The van der Waals surface area contributed by atoms with Crippen LogP contribution in [0, 0.1) is 10.1 Å². The van der Waals surface area contributed by atoms with Crippen LogP contribution in [0.3, 0.4) is 0 Å². The first kappa shape index (κ1) is 19.1. The van der Waals surface area contributed by atoms with Gasteiger partial charge in [0.05, 0.1) is 4.92 Å². The zero-order valence-corrected chi connectivity index (χ0v) is 16.0. The van der Waals surface area contributed by atoms with Crippen LogP contribution in [-0.4, -0.2) is 27.6 Å². The molecule has 7 nitrogen and oxygen atoms in total.